The zero-order valence-corrected chi connectivity index (χ0v) is 13.7. The molecule has 2 aromatic carbocycles. The molecule has 0 radical (unpaired) electrons. The van der Waals surface area contributed by atoms with Crippen molar-refractivity contribution in [1.29, 1.82) is 0 Å². The molecule has 1 aromatic heterocycles. The second-order valence-electron chi connectivity index (χ2n) is 5.89. The Kier molecular flexibility index (Phi) is 4.53. The second kappa shape index (κ2) is 6.75. The third-order valence-corrected chi connectivity index (χ3v) is 4.00. The highest BCUT2D eigenvalue weighted by molar-refractivity contribution is 5.53. The minimum Gasteiger partial charge on any atom is -0.419 e. The van der Waals surface area contributed by atoms with Crippen molar-refractivity contribution in [3.63, 3.8) is 0 Å². The van der Waals surface area contributed by atoms with Crippen LogP contribution >= 0.6 is 0 Å². The lowest BCUT2D eigenvalue weighted by Crippen LogP contribution is -2.22. The number of benzene rings is 2. The molecule has 0 aliphatic carbocycles. The van der Waals surface area contributed by atoms with Crippen LogP contribution in [-0.2, 0) is 6.54 Å². The minimum absolute atomic E-state index is 0.0567. The molecular formula is C19H21N3O. The Bertz CT molecular complexity index is 767. The third kappa shape index (κ3) is 3.66. The maximum absolute atomic E-state index is 5.88. The predicted molar refractivity (Wildman–Crippen MR) is 90.8 cm³/mol. The number of hydrogen-bond acceptors (Lipinski definition) is 4. The molecule has 0 aliphatic heterocycles. The van der Waals surface area contributed by atoms with Crippen LogP contribution in [0.5, 0.6) is 0 Å². The first kappa shape index (κ1) is 15.4. The van der Waals surface area contributed by atoms with Crippen molar-refractivity contribution >= 4 is 0 Å². The fourth-order valence-corrected chi connectivity index (χ4v) is 2.50. The largest absolute Gasteiger partial charge is 0.419 e. The summed E-state index contributed by atoms with van der Waals surface area (Å²) < 4.78 is 5.88. The molecule has 0 unspecified atom stereocenters. The molecule has 1 heterocycles. The molecule has 0 N–H and O–H groups in total. The van der Waals surface area contributed by atoms with Crippen LogP contribution < -0.4 is 0 Å². The van der Waals surface area contributed by atoms with E-state index in [1.807, 2.05) is 18.2 Å². The first-order valence-corrected chi connectivity index (χ1v) is 7.78. The van der Waals surface area contributed by atoms with Gasteiger partial charge in [-0.1, -0.05) is 48.0 Å². The van der Waals surface area contributed by atoms with E-state index in [9.17, 15) is 0 Å². The molecule has 3 aromatic rings. The molecule has 0 saturated carbocycles. The van der Waals surface area contributed by atoms with Crippen LogP contribution in [0.4, 0.5) is 0 Å². The van der Waals surface area contributed by atoms with Gasteiger partial charge in [0.15, 0.2) is 0 Å². The van der Waals surface area contributed by atoms with E-state index in [0.29, 0.717) is 11.8 Å². The Morgan fingerprint density at radius 3 is 2.57 bits per heavy atom. The fourth-order valence-electron chi connectivity index (χ4n) is 2.50. The number of nitrogens with zero attached hydrogens (tertiary/aromatic N) is 3. The standard InChI is InChI=1S/C19H21N3O/c1-14-8-7-11-17(12-14)19-21-20-18(23-19)15(2)22(3)13-16-9-5-4-6-10-16/h4-12,15H,13H2,1-3H3/t15-/m1/s1. The lowest BCUT2D eigenvalue weighted by molar-refractivity contribution is 0.218. The van der Waals surface area contributed by atoms with E-state index >= 15 is 0 Å². The van der Waals surface area contributed by atoms with E-state index in [2.05, 4.69) is 72.4 Å². The van der Waals surface area contributed by atoms with Crippen molar-refractivity contribution in [1.82, 2.24) is 15.1 Å². The minimum atomic E-state index is 0.0567. The highest BCUT2D eigenvalue weighted by Gasteiger charge is 2.19. The lowest BCUT2D eigenvalue weighted by atomic mass is 10.1. The molecule has 4 heteroatoms. The Hall–Kier alpha value is -2.46. The van der Waals surface area contributed by atoms with Crippen LogP contribution in [0, 0.1) is 6.92 Å². The molecule has 0 fully saturated rings. The van der Waals surface area contributed by atoms with Gasteiger partial charge in [0.2, 0.25) is 11.8 Å². The van der Waals surface area contributed by atoms with Gasteiger partial charge < -0.3 is 4.42 Å². The van der Waals surface area contributed by atoms with Gasteiger partial charge in [-0.2, -0.15) is 0 Å². The van der Waals surface area contributed by atoms with Crippen molar-refractivity contribution < 1.29 is 4.42 Å². The van der Waals surface area contributed by atoms with Crippen molar-refractivity contribution in [3.8, 4) is 11.5 Å². The van der Waals surface area contributed by atoms with Gasteiger partial charge in [0, 0.05) is 12.1 Å². The molecule has 23 heavy (non-hydrogen) atoms. The average Bonchev–Trinajstić information content (AvgIpc) is 3.05. The molecule has 3 rings (SSSR count). The van der Waals surface area contributed by atoms with Crippen LogP contribution in [0.15, 0.2) is 59.0 Å². The lowest BCUT2D eigenvalue weighted by Gasteiger charge is -2.21. The Morgan fingerprint density at radius 2 is 1.83 bits per heavy atom. The Morgan fingerprint density at radius 1 is 1.04 bits per heavy atom. The Labute approximate surface area is 136 Å². The van der Waals surface area contributed by atoms with Crippen LogP contribution in [0.3, 0.4) is 0 Å². The van der Waals surface area contributed by atoms with Crippen LogP contribution in [0.2, 0.25) is 0 Å². The zero-order chi connectivity index (χ0) is 16.2. The van der Waals surface area contributed by atoms with Gasteiger partial charge in [0.1, 0.15) is 0 Å². The van der Waals surface area contributed by atoms with Crippen LogP contribution in [-0.4, -0.2) is 22.1 Å². The van der Waals surface area contributed by atoms with E-state index in [0.717, 1.165) is 12.1 Å². The molecule has 1 atom stereocenters. The summed E-state index contributed by atoms with van der Waals surface area (Å²) in [6.07, 6.45) is 0. The van der Waals surface area contributed by atoms with Gasteiger partial charge >= 0.3 is 0 Å². The second-order valence-corrected chi connectivity index (χ2v) is 5.89. The van der Waals surface area contributed by atoms with E-state index in [1.54, 1.807) is 0 Å². The van der Waals surface area contributed by atoms with Crippen LogP contribution in [0.1, 0.15) is 30.0 Å². The van der Waals surface area contributed by atoms with Gasteiger partial charge in [-0.25, -0.2) is 0 Å². The van der Waals surface area contributed by atoms with Crippen molar-refractivity contribution in [2.24, 2.45) is 0 Å². The number of rotatable bonds is 5. The average molecular weight is 307 g/mol. The van der Waals surface area contributed by atoms with Crippen molar-refractivity contribution in [3.05, 3.63) is 71.6 Å². The van der Waals surface area contributed by atoms with Gasteiger partial charge in [0.05, 0.1) is 6.04 Å². The molecule has 118 valence electrons. The third-order valence-electron chi connectivity index (χ3n) is 4.00. The molecule has 0 bridgehead atoms. The molecule has 0 amide bonds. The fraction of sp³-hybridized carbons (Fsp3) is 0.263. The quantitative estimate of drug-likeness (QED) is 0.707. The molecule has 0 saturated heterocycles. The van der Waals surface area contributed by atoms with E-state index in [-0.39, 0.29) is 6.04 Å². The number of aromatic nitrogens is 2. The predicted octanol–water partition coefficient (Wildman–Crippen LogP) is 4.24. The molecular weight excluding hydrogens is 286 g/mol. The molecule has 4 nitrogen and oxygen atoms in total. The molecule has 0 spiro atoms. The number of aryl methyl sites for hydroxylation is 1. The number of hydrogen-bond donors (Lipinski definition) is 0. The smallest absolute Gasteiger partial charge is 0.247 e. The molecule has 0 aliphatic rings. The topological polar surface area (TPSA) is 42.2 Å². The summed E-state index contributed by atoms with van der Waals surface area (Å²) in [5, 5.41) is 8.42. The van der Waals surface area contributed by atoms with E-state index in [4.69, 9.17) is 4.42 Å². The van der Waals surface area contributed by atoms with Gasteiger partial charge in [-0.05, 0) is 38.6 Å². The Balaban J connectivity index is 1.74. The van der Waals surface area contributed by atoms with Gasteiger partial charge in [-0.3, -0.25) is 4.90 Å². The van der Waals surface area contributed by atoms with E-state index in [1.165, 1.54) is 11.1 Å². The summed E-state index contributed by atoms with van der Waals surface area (Å²) in [7, 11) is 2.06. The zero-order valence-electron chi connectivity index (χ0n) is 13.7. The first-order valence-electron chi connectivity index (χ1n) is 7.78. The normalized spacial score (nSPS) is 12.5. The summed E-state index contributed by atoms with van der Waals surface area (Å²) in [5.74, 6) is 1.21. The monoisotopic (exact) mass is 307 g/mol. The summed E-state index contributed by atoms with van der Waals surface area (Å²) >= 11 is 0. The maximum Gasteiger partial charge on any atom is 0.247 e. The summed E-state index contributed by atoms with van der Waals surface area (Å²) in [4.78, 5) is 2.20. The van der Waals surface area contributed by atoms with Crippen molar-refractivity contribution in [2.45, 2.75) is 26.4 Å². The van der Waals surface area contributed by atoms with E-state index < -0.39 is 0 Å². The van der Waals surface area contributed by atoms with Gasteiger partial charge in [0.25, 0.3) is 0 Å². The SMILES string of the molecule is Cc1cccc(-c2nnc([C@@H](C)N(C)Cc3ccccc3)o2)c1. The maximum atomic E-state index is 5.88. The van der Waals surface area contributed by atoms with Crippen LogP contribution in [0.25, 0.3) is 11.5 Å². The van der Waals surface area contributed by atoms with Gasteiger partial charge in [-0.15, -0.1) is 10.2 Å². The van der Waals surface area contributed by atoms with Crippen molar-refractivity contribution in [2.75, 3.05) is 7.05 Å². The summed E-state index contributed by atoms with van der Waals surface area (Å²) in [5.41, 5.74) is 3.40. The summed E-state index contributed by atoms with van der Waals surface area (Å²) in [6, 6.07) is 18.5. The first-order chi connectivity index (χ1) is 11.1. The highest BCUT2D eigenvalue weighted by atomic mass is 16.4. The highest BCUT2D eigenvalue weighted by Crippen LogP contribution is 2.24. The summed E-state index contributed by atoms with van der Waals surface area (Å²) in [6.45, 7) is 4.97.